The molecule has 0 heterocycles. The molecule has 3 rings (SSSR count). The first-order chi connectivity index (χ1) is 13.5. The van der Waals surface area contributed by atoms with Gasteiger partial charge in [-0.2, -0.15) is 10.2 Å². The smallest absolute Gasteiger partial charge is 0.343 e. The minimum atomic E-state index is -0.518. The highest BCUT2D eigenvalue weighted by molar-refractivity contribution is 5.91. The Morgan fingerprint density at radius 3 is 1.93 bits per heavy atom. The lowest BCUT2D eigenvalue weighted by molar-refractivity contribution is -0.384. The summed E-state index contributed by atoms with van der Waals surface area (Å²) < 4.78 is 5.27. The Bertz CT molecular complexity index is 998. The minimum Gasteiger partial charge on any atom is -0.423 e. The number of non-ortho nitro benzene ring substituents is 1. The van der Waals surface area contributed by atoms with Crippen LogP contribution in [0.25, 0.3) is 0 Å². The van der Waals surface area contributed by atoms with Crippen molar-refractivity contribution in [2.45, 2.75) is 6.61 Å². The SMILES string of the molecule is O=C(Oc1ccc(CO)cc1)c1ccc(/N=N/c2ccc([N+](=O)[O-])cc2)cc1. The number of carbonyl (C=O) groups is 1. The zero-order chi connectivity index (χ0) is 19.9. The number of benzene rings is 3. The van der Waals surface area contributed by atoms with Crippen molar-refractivity contribution in [2.24, 2.45) is 10.2 Å². The quantitative estimate of drug-likeness (QED) is 0.219. The first kappa shape index (κ1) is 18.9. The van der Waals surface area contributed by atoms with Gasteiger partial charge in [-0.3, -0.25) is 10.1 Å². The van der Waals surface area contributed by atoms with Gasteiger partial charge in [0.05, 0.1) is 28.5 Å². The largest absolute Gasteiger partial charge is 0.423 e. The second-order valence-corrected chi connectivity index (χ2v) is 5.71. The Balaban J connectivity index is 1.63. The molecular formula is C20H15N3O5. The first-order valence-corrected chi connectivity index (χ1v) is 8.23. The van der Waals surface area contributed by atoms with Crippen molar-refractivity contribution < 1.29 is 19.6 Å². The molecule has 3 aromatic carbocycles. The van der Waals surface area contributed by atoms with Crippen molar-refractivity contribution in [2.75, 3.05) is 0 Å². The van der Waals surface area contributed by atoms with Crippen molar-refractivity contribution in [1.82, 2.24) is 0 Å². The fourth-order valence-electron chi connectivity index (χ4n) is 2.25. The fraction of sp³-hybridized carbons (Fsp3) is 0.0500. The summed E-state index contributed by atoms with van der Waals surface area (Å²) in [5.41, 5.74) is 2.04. The van der Waals surface area contributed by atoms with E-state index in [-0.39, 0.29) is 12.3 Å². The van der Waals surface area contributed by atoms with Crippen molar-refractivity contribution in [3.63, 3.8) is 0 Å². The van der Waals surface area contributed by atoms with Crippen LogP contribution in [0.15, 0.2) is 83.0 Å². The average Bonchev–Trinajstić information content (AvgIpc) is 2.73. The molecule has 0 atom stereocenters. The summed E-state index contributed by atoms with van der Waals surface area (Å²) in [4.78, 5) is 22.3. The Kier molecular flexibility index (Phi) is 5.83. The van der Waals surface area contributed by atoms with E-state index < -0.39 is 10.9 Å². The van der Waals surface area contributed by atoms with Crippen LogP contribution in [0.5, 0.6) is 5.75 Å². The Morgan fingerprint density at radius 2 is 1.43 bits per heavy atom. The number of carbonyl (C=O) groups excluding carboxylic acids is 1. The third-order valence-corrected chi connectivity index (χ3v) is 3.76. The molecule has 8 heteroatoms. The van der Waals surface area contributed by atoms with E-state index in [9.17, 15) is 14.9 Å². The molecule has 0 saturated heterocycles. The van der Waals surface area contributed by atoms with Gasteiger partial charge >= 0.3 is 5.97 Å². The van der Waals surface area contributed by atoms with E-state index in [4.69, 9.17) is 9.84 Å². The van der Waals surface area contributed by atoms with E-state index in [0.29, 0.717) is 22.7 Å². The second kappa shape index (κ2) is 8.65. The highest BCUT2D eigenvalue weighted by Crippen LogP contribution is 2.22. The summed E-state index contributed by atoms with van der Waals surface area (Å²) >= 11 is 0. The number of hydrogen-bond acceptors (Lipinski definition) is 7. The molecule has 0 fully saturated rings. The number of aliphatic hydroxyl groups excluding tert-OH is 1. The highest BCUT2D eigenvalue weighted by atomic mass is 16.6. The molecule has 0 aliphatic carbocycles. The zero-order valence-corrected chi connectivity index (χ0v) is 14.6. The molecule has 8 nitrogen and oxygen atoms in total. The van der Waals surface area contributed by atoms with Gasteiger partial charge in [-0.1, -0.05) is 12.1 Å². The number of nitro benzene ring substituents is 1. The fourth-order valence-corrected chi connectivity index (χ4v) is 2.25. The van der Waals surface area contributed by atoms with Crippen LogP contribution in [-0.4, -0.2) is 16.0 Å². The number of hydrogen-bond donors (Lipinski definition) is 1. The minimum absolute atomic E-state index is 0.0205. The molecule has 0 radical (unpaired) electrons. The van der Waals surface area contributed by atoms with Gasteiger partial charge in [-0.25, -0.2) is 4.79 Å². The molecule has 28 heavy (non-hydrogen) atoms. The van der Waals surface area contributed by atoms with Crippen LogP contribution < -0.4 is 4.74 Å². The normalized spacial score (nSPS) is 10.8. The lowest BCUT2D eigenvalue weighted by atomic mass is 10.2. The van der Waals surface area contributed by atoms with Gasteiger partial charge in [0.2, 0.25) is 0 Å². The Labute approximate surface area is 159 Å². The maximum absolute atomic E-state index is 12.2. The lowest BCUT2D eigenvalue weighted by Crippen LogP contribution is -2.08. The topological polar surface area (TPSA) is 114 Å². The lowest BCUT2D eigenvalue weighted by Gasteiger charge is -2.05. The van der Waals surface area contributed by atoms with Crippen molar-refractivity contribution in [1.29, 1.82) is 0 Å². The summed E-state index contributed by atoms with van der Waals surface area (Å²) in [7, 11) is 0. The number of ether oxygens (including phenoxy) is 1. The van der Waals surface area contributed by atoms with Crippen LogP contribution in [0, 0.1) is 10.1 Å². The van der Waals surface area contributed by atoms with E-state index in [0.717, 1.165) is 5.56 Å². The third kappa shape index (κ3) is 4.83. The van der Waals surface area contributed by atoms with E-state index in [1.165, 1.54) is 24.3 Å². The number of azo groups is 1. The third-order valence-electron chi connectivity index (χ3n) is 3.76. The predicted molar refractivity (Wildman–Crippen MR) is 101 cm³/mol. The number of nitro groups is 1. The molecule has 0 aliphatic heterocycles. The zero-order valence-electron chi connectivity index (χ0n) is 14.6. The monoisotopic (exact) mass is 377 g/mol. The molecule has 0 bridgehead atoms. The molecule has 0 aliphatic rings. The van der Waals surface area contributed by atoms with Gasteiger partial charge in [-0.15, -0.1) is 0 Å². The van der Waals surface area contributed by atoms with Crippen LogP contribution in [-0.2, 0) is 6.61 Å². The molecule has 0 unspecified atom stereocenters. The van der Waals surface area contributed by atoms with Gasteiger partial charge in [0.25, 0.3) is 5.69 Å². The van der Waals surface area contributed by atoms with Gasteiger partial charge in [-0.05, 0) is 54.1 Å². The van der Waals surface area contributed by atoms with Crippen LogP contribution in [0.2, 0.25) is 0 Å². The molecule has 3 aromatic rings. The standard InChI is InChI=1S/C20H15N3O5/c24-13-14-1-11-19(12-2-14)28-20(25)15-3-5-16(6-4-15)21-22-17-7-9-18(10-8-17)23(26)27/h1-12,24H,13H2/b22-21+. The van der Waals surface area contributed by atoms with E-state index >= 15 is 0 Å². The maximum Gasteiger partial charge on any atom is 0.343 e. The van der Waals surface area contributed by atoms with Crippen molar-refractivity contribution in [3.8, 4) is 5.75 Å². The molecule has 0 amide bonds. The van der Waals surface area contributed by atoms with Crippen molar-refractivity contribution >= 4 is 23.0 Å². The van der Waals surface area contributed by atoms with E-state index in [2.05, 4.69) is 10.2 Å². The molecule has 0 spiro atoms. The summed E-state index contributed by atoms with van der Waals surface area (Å²) in [6, 6.07) is 18.6. The van der Waals surface area contributed by atoms with Crippen LogP contribution in [0.1, 0.15) is 15.9 Å². The number of esters is 1. The highest BCUT2D eigenvalue weighted by Gasteiger charge is 2.09. The van der Waals surface area contributed by atoms with Crippen LogP contribution in [0.4, 0.5) is 17.1 Å². The summed E-state index contributed by atoms with van der Waals surface area (Å²) in [6.45, 7) is -0.0793. The van der Waals surface area contributed by atoms with E-state index in [1.807, 2.05) is 0 Å². The van der Waals surface area contributed by atoms with E-state index in [1.54, 1.807) is 48.5 Å². The van der Waals surface area contributed by atoms with Gasteiger partial charge in [0.15, 0.2) is 0 Å². The van der Waals surface area contributed by atoms with Gasteiger partial charge in [0, 0.05) is 12.1 Å². The summed E-state index contributed by atoms with van der Waals surface area (Å²) in [6.07, 6.45) is 0. The average molecular weight is 377 g/mol. The molecule has 0 saturated carbocycles. The van der Waals surface area contributed by atoms with Crippen molar-refractivity contribution in [3.05, 3.63) is 94.0 Å². The number of rotatable bonds is 6. The predicted octanol–water partition coefficient (Wildman–Crippen LogP) is 4.72. The Morgan fingerprint density at radius 1 is 0.893 bits per heavy atom. The maximum atomic E-state index is 12.2. The van der Waals surface area contributed by atoms with Crippen LogP contribution >= 0.6 is 0 Å². The van der Waals surface area contributed by atoms with Gasteiger partial charge < -0.3 is 9.84 Å². The molecular weight excluding hydrogens is 362 g/mol. The first-order valence-electron chi connectivity index (χ1n) is 8.23. The molecule has 1 N–H and O–H groups in total. The molecule has 140 valence electrons. The molecule has 0 aromatic heterocycles. The summed E-state index contributed by atoms with van der Waals surface area (Å²) in [5.74, 6) is -0.139. The second-order valence-electron chi connectivity index (χ2n) is 5.71. The van der Waals surface area contributed by atoms with Gasteiger partial charge in [0.1, 0.15) is 5.75 Å². The number of nitrogens with zero attached hydrogens (tertiary/aromatic N) is 3. The summed E-state index contributed by atoms with van der Waals surface area (Å²) in [5, 5.41) is 27.7. The number of aliphatic hydroxyl groups is 1. The van der Waals surface area contributed by atoms with Crippen LogP contribution in [0.3, 0.4) is 0 Å². The Hall–Kier alpha value is -3.91.